The number of hydrogen-bond acceptors (Lipinski definition) is 2. The van der Waals surface area contributed by atoms with Crippen molar-refractivity contribution in [2.24, 2.45) is 5.90 Å². The van der Waals surface area contributed by atoms with Crippen molar-refractivity contribution in [3.63, 3.8) is 0 Å². The summed E-state index contributed by atoms with van der Waals surface area (Å²) in [4.78, 5) is 4.74. The summed E-state index contributed by atoms with van der Waals surface area (Å²) >= 11 is 0. The number of nitrogens with two attached hydrogens (primary N) is 1. The van der Waals surface area contributed by atoms with Crippen LogP contribution in [0.1, 0.15) is 24.0 Å². The number of hydrogen-bond donors (Lipinski definition) is 1. The van der Waals surface area contributed by atoms with Crippen molar-refractivity contribution < 1.29 is 4.84 Å². The smallest absolute Gasteiger partial charge is 0.0775 e. The molecular formula is C12H13NO. The van der Waals surface area contributed by atoms with Crippen LogP contribution in [0.4, 0.5) is 0 Å². The van der Waals surface area contributed by atoms with Crippen molar-refractivity contribution in [3.8, 4) is 12.3 Å². The van der Waals surface area contributed by atoms with Crippen LogP contribution in [0.3, 0.4) is 0 Å². The average molecular weight is 187 g/mol. The van der Waals surface area contributed by atoms with Crippen molar-refractivity contribution in [2.45, 2.75) is 18.3 Å². The minimum Gasteiger partial charge on any atom is -0.304 e. The molecule has 2 rings (SSSR count). The van der Waals surface area contributed by atoms with Crippen LogP contribution in [0.15, 0.2) is 24.3 Å². The first-order valence-corrected chi connectivity index (χ1v) is 4.70. The summed E-state index contributed by atoms with van der Waals surface area (Å²) in [6, 6.07) is 8.07. The van der Waals surface area contributed by atoms with Crippen molar-refractivity contribution in [3.05, 3.63) is 35.4 Å². The summed E-state index contributed by atoms with van der Waals surface area (Å²) in [6.07, 6.45) is 7.59. The van der Waals surface area contributed by atoms with E-state index in [4.69, 9.17) is 17.2 Å². The summed E-state index contributed by atoms with van der Waals surface area (Å²) in [5, 5.41) is 0. The Morgan fingerprint density at radius 2 is 2.00 bits per heavy atom. The zero-order valence-corrected chi connectivity index (χ0v) is 7.99. The zero-order chi connectivity index (χ0) is 10.0. The zero-order valence-electron chi connectivity index (χ0n) is 7.99. The molecule has 14 heavy (non-hydrogen) atoms. The first-order valence-electron chi connectivity index (χ1n) is 4.70. The standard InChI is InChI=1S/C12H13NO/c1-2-10-3-5-11(6-4-10)12(7-8-12)9-14-13/h1,3-6H,7-9,13H2. The normalized spacial score (nSPS) is 17.4. The molecule has 2 nitrogen and oxygen atoms in total. The molecule has 1 saturated carbocycles. The monoisotopic (exact) mass is 187 g/mol. The highest BCUT2D eigenvalue weighted by Gasteiger charge is 2.44. The van der Waals surface area contributed by atoms with Gasteiger partial charge in [-0.25, -0.2) is 5.90 Å². The van der Waals surface area contributed by atoms with Crippen LogP contribution in [0.2, 0.25) is 0 Å². The lowest BCUT2D eigenvalue weighted by atomic mass is 9.96. The van der Waals surface area contributed by atoms with Gasteiger partial charge in [-0.15, -0.1) is 6.42 Å². The Morgan fingerprint density at radius 1 is 1.36 bits per heavy atom. The Hall–Kier alpha value is -1.30. The molecule has 2 heteroatoms. The second kappa shape index (κ2) is 3.45. The van der Waals surface area contributed by atoms with Gasteiger partial charge in [0.15, 0.2) is 0 Å². The van der Waals surface area contributed by atoms with E-state index in [2.05, 4.69) is 18.1 Å². The van der Waals surface area contributed by atoms with Gasteiger partial charge in [0.25, 0.3) is 0 Å². The topological polar surface area (TPSA) is 35.2 Å². The predicted octanol–water partition coefficient (Wildman–Crippen LogP) is 1.59. The number of rotatable bonds is 3. The Bertz CT molecular complexity index is 357. The lowest BCUT2D eigenvalue weighted by Gasteiger charge is -2.13. The van der Waals surface area contributed by atoms with Crippen LogP contribution < -0.4 is 5.90 Å². The van der Waals surface area contributed by atoms with E-state index in [1.807, 2.05) is 12.1 Å². The minimum atomic E-state index is 0.169. The fourth-order valence-corrected chi connectivity index (χ4v) is 1.75. The van der Waals surface area contributed by atoms with E-state index in [0.29, 0.717) is 6.61 Å². The Balaban J connectivity index is 2.21. The molecule has 0 bridgehead atoms. The third-order valence-corrected chi connectivity index (χ3v) is 2.88. The summed E-state index contributed by atoms with van der Waals surface area (Å²) in [5.41, 5.74) is 2.36. The van der Waals surface area contributed by atoms with E-state index < -0.39 is 0 Å². The molecule has 0 radical (unpaired) electrons. The molecule has 2 N–H and O–H groups in total. The first kappa shape index (κ1) is 9.26. The fourth-order valence-electron chi connectivity index (χ4n) is 1.75. The molecule has 0 unspecified atom stereocenters. The maximum atomic E-state index is 5.29. The van der Waals surface area contributed by atoms with E-state index in [0.717, 1.165) is 18.4 Å². The molecule has 1 aromatic carbocycles. The maximum Gasteiger partial charge on any atom is 0.0775 e. The molecule has 1 fully saturated rings. The molecular weight excluding hydrogens is 174 g/mol. The van der Waals surface area contributed by atoms with Crippen LogP contribution in [-0.4, -0.2) is 6.61 Å². The molecule has 1 aliphatic rings. The summed E-state index contributed by atoms with van der Waals surface area (Å²) in [5.74, 6) is 7.72. The highest BCUT2D eigenvalue weighted by atomic mass is 16.6. The van der Waals surface area contributed by atoms with Crippen molar-refractivity contribution >= 4 is 0 Å². The second-order valence-electron chi connectivity index (χ2n) is 3.81. The highest BCUT2D eigenvalue weighted by molar-refractivity contribution is 5.39. The van der Waals surface area contributed by atoms with Gasteiger partial charge < -0.3 is 4.84 Å². The molecule has 0 atom stereocenters. The highest BCUT2D eigenvalue weighted by Crippen LogP contribution is 2.48. The van der Waals surface area contributed by atoms with Gasteiger partial charge in [0.2, 0.25) is 0 Å². The largest absolute Gasteiger partial charge is 0.304 e. The SMILES string of the molecule is C#Cc1ccc(C2(CON)CC2)cc1. The Labute approximate surface area is 84.0 Å². The van der Waals surface area contributed by atoms with Gasteiger partial charge in [-0.3, -0.25) is 0 Å². The van der Waals surface area contributed by atoms with Crippen molar-refractivity contribution in [1.29, 1.82) is 0 Å². The number of terminal acetylenes is 1. The van der Waals surface area contributed by atoms with E-state index in [1.54, 1.807) is 0 Å². The Morgan fingerprint density at radius 3 is 2.43 bits per heavy atom. The minimum absolute atomic E-state index is 0.169. The third-order valence-electron chi connectivity index (χ3n) is 2.88. The van der Waals surface area contributed by atoms with Crippen LogP contribution in [0, 0.1) is 12.3 Å². The molecule has 0 spiro atoms. The molecule has 0 heterocycles. The fraction of sp³-hybridized carbons (Fsp3) is 0.333. The average Bonchev–Trinajstić information content (AvgIpc) is 3.00. The first-order chi connectivity index (χ1) is 6.80. The van der Waals surface area contributed by atoms with Gasteiger partial charge in [-0.05, 0) is 30.5 Å². The molecule has 0 amide bonds. The molecule has 0 aromatic heterocycles. The summed E-state index contributed by atoms with van der Waals surface area (Å²) < 4.78 is 0. The van der Waals surface area contributed by atoms with Gasteiger partial charge in [0.05, 0.1) is 6.61 Å². The van der Waals surface area contributed by atoms with Gasteiger partial charge in [-0.1, -0.05) is 18.1 Å². The van der Waals surface area contributed by atoms with Crippen LogP contribution in [0.5, 0.6) is 0 Å². The number of benzene rings is 1. The van der Waals surface area contributed by atoms with Crippen LogP contribution in [0.25, 0.3) is 0 Å². The van der Waals surface area contributed by atoms with Crippen LogP contribution in [-0.2, 0) is 10.3 Å². The third kappa shape index (κ3) is 1.52. The molecule has 0 aliphatic heterocycles. The predicted molar refractivity (Wildman–Crippen MR) is 55.4 cm³/mol. The summed E-state index contributed by atoms with van der Waals surface area (Å²) in [7, 11) is 0. The quantitative estimate of drug-likeness (QED) is 0.576. The van der Waals surface area contributed by atoms with E-state index >= 15 is 0 Å². The van der Waals surface area contributed by atoms with E-state index in [9.17, 15) is 0 Å². The van der Waals surface area contributed by atoms with Gasteiger partial charge in [0, 0.05) is 11.0 Å². The van der Waals surface area contributed by atoms with Crippen molar-refractivity contribution in [1.82, 2.24) is 0 Å². The van der Waals surface area contributed by atoms with E-state index in [-0.39, 0.29) is 5.41 Å². The van der Waals surface area contributed by atoms with Gasteiger partial charge >= 0.3 is 0 Å². The molecule has 1 aromatic rings. The lowest BCUT2D eigenvalue weighted by molar-refractivity contribution is 0.116. The second-order valence-corrected chi connectivity index (χ2v) is 3.81. The van der Waals surface area contributed by atoms with Gasteiger partial charge in [-0.2, -0.15) is 0 Å². The van der Waals surface area contributed by atoms with Gasteiger partial charge in [0.1, 0.15) is 0 Å². The molecule has 0 saturated heterocycles. The molecule has 72 valence electrons. The summed E-state index contributed by atoms with van der Waals surface area (Å²) in [6.45, 7) is 0.600. The Kier molecular flexibility index (Phi) is 2.28. The maximum absolute atomic E-state index is 5.29. The van der Waals surface area contributed by atoms with Crippen LogP contribution >= 0.6 is 0 Å². The lowest BCUT2D eigenvalue weighted by Crippen LogP contribution is -2.17. The van der Waals surface area contributed by atoms with Crippen molar-refractivity contribution in [2.75, 3.05) is 6.61 Å². The van der Waals surface area contributed by atoms with E-state index in [1.165, 1.54) is 5.56 Å². The molecule has 1 aliphatic carbocycles.